The van der Waals surface area contributed by atoms with E-state index in [1.54, 1.807) is 14.2 Å². The summed E-state index contributed by atoms with van der Waals surface area (Å²) in [6.07, 6.45) is 3.59. The second-order valence-electron chi connectivity index (χ2n) is 4.42. The van der Waals surface area contributed by atoms with Crippen molar-refractivity contribution in [3.63, 3.8) is 0 Å². The smallest absolute Gasteiger partial charge is 0.317 e. The first-order chi connectivity index (χ1) is 7.16. The first kappa shape index (κ1) is 10.9. The van der Waals surface area contributed by atoms with Gasteiger partial charge < -0.3 is 14.2 Å². The summed E-state index contributed by atoms with van der Waals surface area (Å²) in [5.41, 5.74) is -0.573. The van der Waals surface area contributed by atoms with Gasteiger partial charge in [0.25, 0.3) is 0 Å². The second kappa shape index (κ2) is 3.46. The molecule has 2 fully saturated rings. The Morgan fingerprint density at radius 3 is 2.07 bits per heavy atom. The van der Waals surface area contributed by atoms with Gasteiger partial charge in [0.1, 0.15) is 5.41 Å². The van der Waals surface area contributed by atoms with Gasteiger partial charge in [-0.3, -0.25) is 4.79 Å². The van der Waals surface area contributed by atoms with Crippen LogP contribution in [0.25, 0.3) is 0 Å². The summed E-state index contributed by atoms with van der Waals surface area (Å²) in [5, 5.41) is 0. The Morgan fingerprint density at radius 2 is 1.67 bits per heavy atom. The summed E-state index contributed by atoms with van der Waals surface area (Å²) in [5.74, 6) is -0.613. The van der Waals surface area contributed by atoms with Crippen LogP contribution in [0.3, 0.4) is 0 Å². The van der Waals surface area contributed by atoms with E-state index in [2.05, 4.69) is 0 Å². The predicted molar refractivity (Wildman–Crippen MR) is 53.2 cm³/mol. The minimum Gasteiger partial charge on any atom is -0.468 e. The molecule has 4 heteroatoms. The summed E-state index contributed by atoms with van der Waals surface area (Å²) in [7, 11) is 4.66. The molecule has 0 aromatic rings. The lowest BCUT2D eigenvalue weighted by atomic mass is 9.81. The molecule has 0 saturated heterocycles. The molecule has 86 valence electrons. The van der Waals surface area contributed by atoms with Gasteiger partial charge in [-0.2, -0.15) is 0 Å². The SMILES string of the molecule is COC(=O)C12CCC(CC1)C2(OC)OC. The normalized spacial score (nSPS) is 36.9. The van der Waals surface area contributed by atoms with Crippen molar-refractivity contribution in [2.75, 3.05) is 21.3 Å². The fourth-order valence-corrected chi connectivity index (χ4v) is 3.58. The van der Waals surface area contributed by atoms with E-state index in [0.717, 1.165) is 25.7 Å². The van der Waals surface area contributed by atoms with Crippen LogP contribution >= 0.6 is 0 Å². The Hall–Kier alpha value is -0.610. The number of rotatable bonds is 3. The standard InChI is InChI=1S/C11H18O4/c1-13-9(12)10-6-4-8(5-7-10)11(10,14-2)15-3/h8H,4-7H2,1-3H3. The van der Waals surface area contributed by atoms with Gasteiger partial charge in [-0.25, -0.2) is 0 Å². The number of carbonyl (C=O) groups excluding carboxylic acids is 1. The maximum atomic E-state index is 11.9. The van der Waals surface area contributed by atoms with E-state index in [-0.39, 0.29) is 5.97 Å². The maximum absolute atomic E-state index is 11.9. The lowest BCUT2D eigenvalue weighted by molar-refractivity contribution is -0.265. The van der Waals surface area contributed by atoms with E-state index >= 15 is 0 Å². The average Bonchev–Trinajstić information content (AvgIpc) is 2.78. The van der Waals surface area contributed by atoms with E-state index < -0.39 is 11.2 Å². The molecule has 0 heterocycles. The maximum Gasteiger partial charge on any atom is 0.317 e. The van der Waals surface area contributed by atoms with Crippen LogP contribution < -0.4 is 0 Å². The molecule has 0 N–H and O–H groups in total. The van der Waals surface area contributed by atoms with Gasteiger partial charge in [0.2, 0.25) is 0 Å². The van der Waals surface area contributed by atoms with E-state index in [4.69, 9.17) is 14.2 Å². The van der Waals surface area contributed by atoms with E-state index in [9.17, 15) is 4.79 Å². The molecule has 15 heavy (non-hydrogen) atoms. The molecule has 0 amide bonds. The molecule has 2 aliphatic rings. The predicted octanol–water partition coefficient (Wildman–Crippen LogP) is 1.34. The van der Waals surface area contributed by atoms with Gasteiger partial charge in [-0.05, 0) is 25.7 Å². The molecular weight excluding hydrogens is 196 g/mol. The zero-order valence-electron chi connectivity index (χ0n) is 9.54. The summed E-state index contributed by atoms with van der Waals surface area (Å²) < 4.78 is 16.0. The monoisotopic (exact) mass is 214 g/mol. The molecule has 2 bridgehead atoms. The van der Waals surface area contributed by atoms with Crippen LogP contribution in [0, 0.1) is 11.3 Å². The zero-order chi connectivity index (χ0) is 11.1. The van der Waals surface area contributed by atoms with E-state index in [1.165, 1.54) is 7.11 Å². The largest absolute Gasteiger partial charge is 0.468 e. The third-order valence-corrected chi connectivity index (χ3v) is 4.23. The summed E-state index contributed by atoms with van der Waals surface area (Å²) in [6, 6.07) is 0. The third kappa shape index (κ3) is 1.06. The van der Waals surface area contributed by atoms with Crippen LogP contribution in [0.1, 0.15) is 25.7 Å². The van der Waals surface area contributed by atoms with E-state index in [0.29, 0.717) is 5.92 Å². The molecule has 0 aromatic carbocycles. The molecule has 0 aromatic heterocycles. The quantitative estimate of drug-likeness (QED) is 0.525. The number of ether oxygens (including phenoxy) is 3. The van der Waals surface area contributed by atoms with Gasteiger partial charge in [0, 0.05) is 20.1 Å². The molecule has 0 unspecified atom stereocenters. The highest BCUT2D eigenvalue weighted by molar-refractivity contribution is 5.79. The van der Waals surface area contributed by atoms with Gasteiger partial charge in [-0.15, -0.1) is 0 Å². The molecule has 0 spiro atoms. The highest BCUT2D eigenvalue weighted by Crippen LogP contribution is 2.63. The molecule has 0 aliphatic heterocycles. The number of fused-ring (bicyclic) bond motifs is 2. The molecule has 2 saturated carbocycles. The van der Waals surface area contributed by atoms with Crippen LogP contribution in [0.4, 0.5) is 0 Å². The van der Waals surface area contributed by atoms with Crippen molar-refractivity contribution in [3.05, 3.63) is 0 Å². The lowest BCUT2D eigenvalue weighted by Gasteiger charge is -2.38. The third-order valence-electron chi connectivity index (χ3n) is 4.23. The number of hydrogen-bond donors (Lipinski definition) is 0. The van der Waals surface area contributed by atoms with Crippen molar-refractivity contribution in [2.24, 2.45) is 11.3 Å². The van der Waals surface area contributed by atoms with Gasteiger partial charge >= 0.3 is 5.97 Å². The van der Waals surface area contributed by atoms with Crippen LogP contribution in [0.2, 0.25) is 0 Å². The Labute approximate surface area is 89.9 Å². The molecule has 2 aliphatic carbocycles. The number of hydrogen-bond acceptors (Lipinski definition) is 4. The minimum absolute atomic E-state index is 0.189. The highest BCUT2D eigenvalue weighted by atomic mass is 16.7. The summed E-state index contributed by atoms with van der Waals surface area (Å²) in [6.45, 7) is 0. The Kier molecular flexibility index (Phi) is 2.51. The van der Waals surface area contributed by atoms with Crippen LogP contribution in [-0.4, -0.2) is 33.1 Å². The van der Waals surface area contributed by atoms with Crippen LogP contribution in [0.15, 0.2) is 0 Å². The fourth-order valence-electron chi connectivity index (χ4n) is 3.58. The van der Waals surface area contributed by atoms with Crippen molar-refractivity contribution in [3.8, 4) is 0 Å². The van der Waals surface area contributed by atoms with E-state index in [1.807, 2.05) is 0 Å². The van der Waals surface area contributed by atoms with Crippen molar-refractivity contribution in [1.82, 2.24) is 0 Å². The second-order valence-corrected chi connectivity index (χ2v) is 4.42. The van der Waals surface area contributed by atoms with Crippen LogP contribution in [0.5, 0.6) is 0 Å². The lowest BCUT2D eigenvalue weighted by Crippen LogP contribution is -2.51. The number of esters is 1. The number of carbonyl (C=O) groups is 1. The topological polar surface area (TPSA) is 44.8 Å². The zero-order valence-corrected chi connectivity index (χ0v) is 9.54. The number of methoxy groups -OCH3 is 3. The summed E-state index contributed by atoms with van der Waals surface area (Å²) >= 11 is 0. The Morgan fingerprint density at radius 1 is 1.13 bits per heavy atom. The first-order valence-electron chi connectivity index (χ1n) is 5.35. The molecule has 2 rings (SSSR count). The van der Waals surface area contributed by atoms with Gasteiger partial charge in [0.15, 0.2) is 5.79 Å². The first-order valence-corrected chi connectivity index (χ1v) is 5.35. The highest BCUT2D eigenvalue weighted by Gasteiger charge is 2.70. The van der Waals surface area contributed by atoms with Gasteiger partial charge in [0.05, 0.1) is 7.11 Å². The Bertz CT molecular complexity index is 262. The van der Waals surface area contributed by atoms with Crippen molar-refractivity contribution < 1.29 is 19.0 Å². The van der Waals surface area contributed by atoms with Crippen molar-refractivity contribution in [1.29, 1.82) is 0 Å². The summed E-state index contributed by atoms with van der Waals surface area (Å²) in [4.78, 5) is 11.9. The minimum atomic E-state index is -0.750. The average molecular weight is 214 g/mol. The fraction of sp³-hybridized carbons (Fsp3) is 0.909. The molecule has 0 radical (unpaired) electrons. The molecule has 4 nitrogen and oxygen atoms in total. The van der Waals surface area contributed by atoms with Crippen LogP contribution in [-0.2, 0) is 19.0 Å². The van der Waals surface area contributed by atoms with Crippen molar-refractivity contribution in [2.45, 2.75) is 31.5 Å². The molecular formula is C11H18O4. The van der Waals surface area contributed by atoms with Crippen molar-refractivity contribution >= 4 is 5.97 Å². The molecule has 0 atom stereocenters. The Balaban J connectivity index is 2.41. The van der Waals surface area contributed by atoms with Gasteiger partial charge in [-0.1, -0.05) is 0 Å².